The molecule has 0 unspecified atom stereocenters. The fraction of sp³-hybridized carbons (Fsp3) is 0.571. The predicted molar refractivity (Wildman–Crippen MR) is 114 cm³/mol. The largest absolute Gasteiger partial charge is 0.342 e. The van der Waals surface area contributed by atoms with Gasteiger partial charge in [0, 0.05) is 32.1 Å². The Bertz CT molecular complexity index is 815. The van der Waals surface area contributed by atoms with Crippen LogP contribution in [0.5, 0.6) is 0 Å². The molecule has 150 valence electrons. The van der Waals surface area contributed by atoms with Gasteiger partial charge in [-0.05, 0) is 44.1 Å². The SMILES string of the molecule is Cc1nc(-c2cccs2)sc1C(=O)N1CCC(C(=O)N2CCCCCC2)CC1. The Morgan fingerprint density at radius 1 is 1.04 bits per heavy atom. The molecule has 7 heteroatoms. The molecule has 0 saturated carbocycles. The van der Waals surface area contributed by atoms with Crippen molar-refractivity contribution in [3.8, 4) is 9.88 Å². The minimum absolute atomic E-state index is 0.0680. The van der Waals surface area contributed by atoms with Crippen LogP contribution in [0, 0.1) is 12.8 Å². The quantitative estimate of drug-likeness (QED) is 0.742. The maximum atomic E-state index is 13.0. The zero-order valence-electron chi connectivity index (χ0n) is 16.4. The van der Waals surface area contributed by atoms with Gasteiger partial charge in [0.05, 0.1) is 10.6 Å². The first-order chi connectivity index (χ1) is 13.6. The average molecular weight is 418 g/mol. The maximum absolute atomic E-state index is 13.0. The van der Waals surface area contributed by atoms with Gasteiger partial charge in [-0.3, -0.25) is 9.59 Å². The molecule has 0 N–H and O–H groups in total. The highest BCUT2D eigenvalue weighted by Gasteiger charge is 2.32. The van der Waals surface area contributed by atoms with Gasteiger partial charge < -0.3 is 9.80 Å². The van der Waals surface area contributed by atoms with E-state index in [0.29, 0.717) is 19.0 Å². The molecule has 4 rings (SSSR count). The molecule has 0 atom stereocenters. The predicted octanol–water partition coefficient (Wildman–Crippen LogP) is 4.43. The number of nitrogens with zero attached hydrogens (tertiary/aromatic N) is 3. The first-order valence-electron chi connectivity index (χ1n) is 10.2. The van der Waals surface area contributed by atoms with Crippen molar-refractivity contribution in [2.75, 3.05) is 26.2 Å². The van der Waals surface area contributed by atoms with Gasteiger partial charge in [-0.2, -0.15) is 0 Å². The second kappa shape index (κ2) is 8.74. The summed E-state index contributed by atoms with van der Waals surface area (Å²) in [6.45, 7) is 5.05. The number of thiophene rings is 1. The summed E-state index contributed by atoms with van der Waals surface area (Å²) in [5.74, 6) is 0.452. The Hall–Kier alpha value is -1.73. The molecule has 0 bridgehead atoms. The van der Waals surface area contributed by atoms with Crippen LogP contribution in [0.3, 0.4) is 0 Å². The summed E-state index contributed by atoms with van der Waals surface area (Å²) < 4.78 is 0. The molecule has 2 aromatic heterocycles. The van der Waals surface area contributed by atoms with Gasteiger partial charge in [-0.15, -0.1) is 22.7 Å². The van der Waals surface area contributed by atoms with Crippen molar-refractivity contribution in [3.63, 3.8) is 0 Å². The second-order valence-corrected chi connectivity index (χ2v) is 9.66. The summed E-state index contributed by atoms with van der Waals surface area (Å²) in [4.78, 5) is 36.3. The minimum Gasteiger partial charge on any atom is -0.342 e. The van der Waals surface area contributed by atoms with Crippen LogP contribution >= 0.6 is 22.7 Å². The van der Waals surface area contributed by atoms with E-state index in [2.05, 4.69) is 9.88 Å². The van der Waals surface area contributed by atoms with Crippen LogP contribution in [-0.2, 0) is 4.79 Å². The summed E-state index contributed by atoms with van der Waals surface area (Å²) in [5, 5.41) is 2.95. The molecule has 0 spiro atoms. The number of carbonyl (C=O) groups is 2. The van der Waals surface area contributed by atoms with Gasteiger partial charge in [-0.1, -0.05) is 18.9 Å². The van der Waals surface area contributed by atoms with Crippen LogP contribution in [0.4, 0.5) is 0 Å². The average Bonchev–Trinajstić information content (AvgIpc) is 3.30. The van der Waals surface area contributed by atoms with E-state index in [4.69, 9.17) is 0 Å². The lowest BCUT2D eigenvalue weighted by molar-refractivity contribution is -0.136. The Morgan fingerprint density at radius 2 is 1.75 bits per heavy atom. The van der Waals surface area contributed by atoms with Crippen molar-refractivity contribution < 1.29 is 9.59 Å². The number of likely N-dealkylation sites (tertiary alicyclic amines) is 2. The molecule has 2 fully saturated rings. The molecule has 2 amide bonds. The van der Waals surface area contributed by atoms with Crippen molar-refractivity contribution in [1.29, 1.82) is 0 Å². The molecule has 4 heterocycles. The lowest BCUT2D eigenvalue weighted by Crippen LogP contribution is -2.44. The number of aryl methyl sites for hydroxylation is 1. The Kier molecular flexibility index (Phi) is 6.11. The standard InChI is InChI=1S/C21H27N3O2S2/c1-15-18(28-19(22-15)17-7-6-14-27-17)21(26)24-12-8-16(9-13-24)20(25)23-10-4-2-3-5-11-23/h6-7,14,16H,2-5,8-13H2,1H3. The Morgan fingerprint density at radius 3 is 2.39 bits per heavy atom. The maximum Gasteiger partial charge on any atom is 0.265 e. The number of rotatable bonds is 3. The number of thiazole rings is 1. The smallest absolute Gasteiger partial charge is 0.265 e. The fourth-order valence-corrected chi connectivity index (χ4v) is 5.95. The first-order valence-corrected chi connectivity index (χ1v) is 11.9. The Balaban J connectivity index is 1.37. The van der Waals surface area contributed by atoms with Crippen molar-refractivity contribution >= 4 is 34.5 Å². The van der Waals surface area contributed by atoms with Gasteiger partial charge in [0.15, 0.2) is 0 Å². The normalized spacial score (nSPS) is 18.9. The van der Waals surface area contributed by atoms with Gasteiger partial charge in [0.2, 0.25) is 5.91 Å². The summed E-state index contributed by atoms with van der Waals surface area (Å²) >= 11 is 3.13. The number of piperidine rings is 1. The van der Waals surface area contributed by atoms with E-state index < -0.39 is 0 Å². The van der Waals surface area contributed by atoms with E-state index in [0.717, 1.165) is 59.2 Å². The van der Waals surface area contributed by atoms with Crippen LogP contribution in [0.25, 0.3) is 9.88 Å². The number of amides is 2. The van der Waals surface area contributed by atoms with Gasteiger partial charge >= 0.3 is 0 Å². The molecule has 2 aromatic rings. The lowest BCUT2D eigenvalue weighted by atomic mass is 9.95. The van der Waals surface area contributed by atoms with E-state index in [9.17, 15) is 9.59 Å². The van der Waals surface area contributed by atoms with E-state index in [1.54, 1.807) is 11.3 Å². The molecule has 0 aliphatic carbocycles. The molecule has 0 aromatic carbocycles. The molecule has 2 saturated heterocycles. The van der Waals surface area contributed by atoms with Crippen molar-refractivity contribution in [2.24, 2.45) is 5.92 Å². The topological polar surface area (TPSA) is 53.5 Å². The Labute approximate surface area is 174 Å². The van der Waals surface area contributed by atoms with Gasteiger partial charge in [0.25, 0.3) is 5.91 Å². The third kappa shape index (κ3) is 4.15. The van der Waals surface area contributed by atoms with E-state index in [1.807, 2.05) is 29.3 Å². The fourth-order valence-electron chi connectivity index (χ4n) is 4.12. The van der Waals surface area contributed by atoms with E-state index in [-0.39, 0.29) is 11.8 Å². The van der Waals surface area contributed by atoms with Gasteiger partial charge in [-0.25, -0.2) is 4.98 Å². The number of hydrogen-bond donors (Lipinski definition) is 0. The second-order valence-electron chi connectivity index (χ2n) is 7.72. The number of carbonyl (C=O) groups excluding carboxylic acids is 2. The summed E-state index contributed by atoms with van der Waals surface area (Å²) in [6, 6.07) is 4.04. The number of hydrogen-bond acceptors (Lipinski definition) is 5. The first kappa shape index (κ1) is 19.6. The van der Waals surface area contributed by atoms with E-state index in [1.165, 1.54) is 24.2 Å². The number of aromatic nitrogens is 1. The molecule has 28 heavy (non-hydrogen) atoms. The summed E-state index contributed by atoms with van der Waals surface area (Å²) in [5.41, 5.74) is 0.807. The third-order valence-electron chi connectivity index (χ3n) is 5.77. The molecular weight excluding hydrogens is 390 g/mol. The van der Waals surface area contributed by atoms with Crippen molar-refractivity contribution in [2.45, 2.75) is 45.4 Å². The van der Waals surface area contributed by atoms with Crippen molar-refractivity contribution in [1.82, 2.24) is 14.8 Å². The third-order valence-corrected chi connectivity index (χ3v) is 7.96. The highest BCUT2D eigenvalue weighted by atomic mass is 32.1. The molecule has 2 aliphatic heterocycles. The van der Waals surface area contributed by atoms with Crippen LogP contribution in [0.15, 0.2) is 17.5 Å². The van der Waals surface area contributed by atoms with Crippen LogP contribution in [0.1, 0.15) is 53.9 Å². The zero-order chi connectivity index (χ0) is 19.5. The highest BCUT2D eigenvalue weighted by Crippen LogP contribution is 2.32. The lowest BCUT2D eigenvalue weighted by Gasteiger charge is -2.34. The monoisotopic (exact) mass is 417 g/mol. The molecular formula is C21H27N3O2S2. The van der Waals surface area contributed by atoms with Gasteiger partial charge in [0.1, 0.15) is 9.88 Å². The molecule has 0 radical (unpaired) electrons. The van der Waals surface area contributed by atoms with Crippen LogP contribution < -0.4 is 0 Å². The summed E-state index contributed by atoms with van der Waals surface area (Å²) in [7, 11) is 0. The van der Waals surface area contributed by atoms with Crippen LogP contribution in [-0.4, -0.2) is 52.8 Å². The zero-order valence-corrected chi connectivity index (χ0v) is 18.0. The van der Waals surface area contributed by atoms with Crippen LogP contribution in [0.2, 0.25) is 0 Å². The minimum atomic E-state index is 0.0680. The molecule has 2 aliphatic rings. The summed E-state index contributed by atoms with van der Waals surface area (Å²) in [6.07, 6.45) is 6.27. The molecule has 5 nitrogen and oxygen atoms in total. The van der Waals surface area contributed by atoms with E-state index >= 15 is 0 Å². The van der Waals surface area contributed by atoms with Crippen molar-refractivity contribution in [3.05, 3.63) is 28.1 Å². The highest BCUT2D eigenvalue weighted by molar-refractivity contribution is 7.22.